The summed E-state index contributed by atoms with van der Waals surface area (Å²) in [5.41, 5.74) is 1.86. The number of rotatable bonds is 5. The van der Waals surface area contributed by atoms with Gasteiger partial charge in [-0.25, -0.2) is 13.4 Å². The number of carbonyl (C=O) groups excluding carboxylic acids is 2. The molecule has 2 aromatic heterocycles. The number of benzene rings is 1. The number of para-hydroxylation sites is 1. The summed E-state index contributed by atoms with van der Waals surface area (Å²) in [4.78, 5) is 37.2. The summed E-state index contributed by atoms with van der Waals surface area (Å²) in [6.07, 6.45) is 2.28. The van der Waals surface area contributed by atoms with Crippen LogP contribution in [0, 0.1) is 0 Å². The highest BCUT2D eigenvalue weighted by atomic mass is 35.5. The van der Waals surface area contributed by atoms with E-state index < -0.39 is 28.0 Å². The number of H-pyrrole nitrogens is 1. The number of likely N-dealkylation sites (N-methyl/N-ethyl adjacent to an activating group) is 1. The largest absolute Gasteiger partial charge is 0.349 e. The topological polar surface area (TPSA) is 128 Å². The van der Waals surface area contributed by atoms with E-state index in [9.17, 15) is 18.0 Å². The van der Waals surface area contributed by atoms with Gasteiger partial charge in [0.25, 0.3) is 11.8 Å². The van der Waals surface area contributed by atoms with Gasteiger partial charge in [-0.15, -0.1) is 11.3 Å². The van der Waals surface area contributed by atoms with Crippen molar-refractivity contribution in [2.45, 2.75) is 31.5 Å². The Bertz CT molecular complexity index is 1440. The first-order valence-electron chi connectivity index (χ1n) is 11.6. The number of thiazole rings is 1. The number of nitrogens with one attached hydrogen (secondary N) is 3. The molecule has 0 bridgehead atoms. The molecule has 1 saturated heterocycles. The molecule has 3 N–H and O–H groups in total. The maximum Gasteiger partial charge on any atom is 0.280 e. The van der Waals surface area contributed by atoms with Crippen LogP contribution in [0.15, 0.2) is 24.3 Å². The average Bonchev–Trinajstić information content (AvgIpc) is 3.40. The number of piperidine rings is 1. The molecular weight excluding hydrogens is 524 g/mol. The molecule has 4 heterocycles. The molecule has 0 aliphatic carbocycles. The molecule has 0 saturated carbocycles. The van der Waals surface area contributed by atoms with Crippen molar-refractivity contribution in [1.29, 1.82) is 0 Å². The van der Waals surface area contributed by atoms with Crippen molar-refractivity contribution in [3.8, 4) is 0 Å². The van der Waals surface area contributed by atoms with Gasteiger partial charge in [-0.1, -0.05) is 29.8 Å². The van der Waals surface area contributed by atoms with E-state index in [1.165, 1.54) is 15.6 Å². The molecule has 2 amide bonds. The number of sulfonamides is 1. The molecule has 3 aromatic rings. The van der Waals surface area contributed by atoms with Gasteiger partial charge in [0.05, 0.1) is 29.1 Å². The number of aromatic nitrogens is 2. The van der Waals surface area contributed by atoms with Crippen LogP contribution in [0.3, 0.4) is 0 Å². The normalized spacial score (nSPS) is 21.3. The fraction of sp³-hybridized carbons (Fsp3) is 0.435. The summed E-state index contributed by atoms with van der Waals surface area (Å²) in [6.45, 7) is 1.93. The molecule has 1 aromatic carbocycles. The van der Waals surface area contributed by atoms with E-state index in [-0.39, 0.29) is 29.7 Å². The minimum Gasteiger partial charge on any atom is -0.349 e. The first kappa shape index (κ1) is 25.2. The monoisotopic (exact) mass is 550 g/mol. The number of hydrogen-bond acceptors (Lipinski definition) is 7. The lowest BCUT2D eigenvalue weighted by Gasteiger charge is -2.37. The lowest BCUT2D eigenvalue weighted by molar-refractivity contribution is 0.0847. The van der Waals surface area contributed by atoms with E-state index in [1.54, 1.807) is 0 Å². The third-order valence-corrected chi connectivity index (χ3v) is 9.41. The number of amides is 2. The Kier molecular flexibility index (Phi) is 6.81. The van der Waals surface area contributed by atoms with Gasteiger partial charge in [0.1, 0.15) is 5.69 Å². The summed E-state index contributed by atoms with van der Waals surface area (Å²) in [5.74, 6) is -0.790. The van der Waals surface area contributed by atoms with Gasteiger partial charge in [0.15, 0.2) is 5.01 Å². The lowest BCUT2D eigenvalue weighted by Crippen LogP contribution is -2.61. The summed E-state index contributed by atoms with van der Waals surface area (Å²) >= 11 is 7.83. The predicted molar refractivity (Wildman–Crippen MR) is 139 cm³/mol. The summed E-state index contributed by atoms with van der Waals surface area (Å²) < 4.78 is 25.8. The van der Waals surface area contributed by atoms with Gasteiger partial charge in [-0.3, -0.25) is 9.59 Å². The van der Waals surface area contributed by atoms with Crippen molar-refractivity contribution < 1.29 is 18.0 Å². The van der Waals surface area contributed by atoms with Crippen molar-refractivity contribution in [1.82, 2.24) is 29.8 Å². The van der Waals surface area contributed by atoms with Crippen LogP contribution >= 0.6 is 22.9 Å². The number of carbonyl (C=O) groups is 2. The fourth-order valence-electron chi connectivity index (χ4n) is 4.70. The zero-order chi connectivity index (χ0) is 25.6. The highest BCUT2D eigenvalue weighted by Crippen LogP contribution is 2.28. The zero-order valence-corrected chi connectivity index (χ0v) is 22.3. The van der Waals surface area contributed by atoms with Gasteiger partial charge in [0.2, 0.25) is 10.0 Å². The molecule has 0 spiro atoms. The van der Waals surface area contributed by atoms with E-state index in [4.69, 9.17) is 11.6 Å². The Hall–Kier alpha value is -2.51. The van der Waals surface area contributed by atoms with E-state index in [0.29, 0.717) is 16.8 Å². The second-order valence-corrected chi connectivity index (χ2v) is 12.7. The van der Waals surface area contributed by atoms with Crippen molar-refractivity contribution in [2.75, 3.05) is 32.9 Å². The summed E-state index contributed by atoms with van der Waals surface area (Å²) in [5, 5.41) is 7.28. The van der Waals surface area contributed by atoms with Crippen molar-refractivity contribution in [3.63, 3.8) is 0 Å². The van der Waals surface area contributed by atoms with Crippen LogP contribution in [0.4, 0.5) is 0 Å². The predicted octanol–water partition coefficient (Wildman–Crippen LogP) is 1.83. The Morgan fingerprint density at radius 2 is 1.92 bits per heavy atom. The average molecular weight is 551 g/mol. The van der Waals surface area contributed by atoms with Crippen LogP contribution in [-0.2, 0) is 23.0 Å². The number of nitrogens with zero attached hydrogens (tertiary/aromatic N) is 3. The lowest BCUT2D eigenvalue weighted by atomic mass is 10.0. The minimum absolute atomic E-state index is 0.0343. The van der Waals surface area contributed by atoms with Crippen LogP contribution in [0.5, 0.6) is 0 Å². The quantitative estimate of drug-likeness (QED) is 0.445. The van der Waals surface area contributed by atoms with Crippen molar-refractivity contribution >= 4 is 55.7 Å². The highest BCUT2D eigenvalue weighted by molar-refractivity contribution is 7.88. The molecule has 5 rings (SSSR count). The van der Waals surface area contributed by atoms with Gasteiger partial charge in [-0.05, 0) is 19.5 Å². The molecular formula is C23H27ClN6O4S2. The second kappa shape index (κ2) is 9.75. The highest BCUT2D eigenvalue weighted by Gasteiger charge is 2.36. The zero-order valence-electron chi connectivity index (χ0n) is 19.9. The van der Waals surface area contributed by atoms with Gasteiger partial charge < -0.3 is 20.5 Å². The number of halogens is 1. The molecule has 0 radical (unpaired) electrons. The standard InChI is InChI=1S/C23H27ClN6O4S2/c1-29-9-7-16-18(12-29)35-23(28-16)22(32)26-15-8-10-30(36(2,33)34)11-17(15)27-21(31)20-19(24)13-5-3-4-6-14(13)25-20/h3-6,15,17,25H,7-12H2,1-2H3,(H,26,32)(H,27,31)/t15-,17+/m1/s1. The van der Waals surface area contributed by atoms with Crippen LogP contribution in [0.25, 0.3) is 10.9 Å². The van der Waals surface area contributed by atoms with Crippen molar-refractivity contribution in [3.05, 3.63) is 50.6 Å². The van der Waals surface area contributed by atoms with E-state index in [0.717, 1.165) is 41.9 Å². The molecule has 13 heteroatoms. The first-order valence-corrected chi connectivity index (χ1v) is 14.6. The van der Waals surface area contributed by atoms with Crippen LogP contribution in [-0.4, -0.2) is 84.4 Å². The van der Waals surface area contributed by atoms with E-state index in [1.807, 2.05) is 31.3 Å². The molecule has 0 unspecified atom stereocenters. The maximum atomic E-state index is 13.2. The Morgan fingerprint density at radius 1 is 1.17 bits per heavy atom. The van der Waals surface area contributed by atoms with E-state index in [2.05, 4.69) is 25.5 Å². The molecule has 2 atom stereocenters. The molecule has 2 aliphatic heterocycles. The van der Waals surface area contributed by atoms with Gasteiger partial charge in [-0.2, -0.15) is 4.31 Å². The van der Waals surface area contributed by atoms with Crippen LogP contribution in [0.2, 0.25) is 5.02 Å². The third kappa shape index (κ3) is 5.00. The third-order valence-electron chi connectivity index (χ3n) is 6.66. The van der Waals surface area contributed by atoms with Gasteiger partial charge in [0, 0.05) is 48.4 Å². The molecule has 1 fully saturated rings. The Labute approximate surface area is 218 Å². The van der Waals surface area contributed by atoms with Crippen LogP contribution < -0.4 is 10.6 Å². The molecule has 10 nitrogen and oxygen atoms in total. The SMILES string of the molecule is CN1CCc2nc(C(=O)N[C@@H]3CCN(S(C)(=O)=O)C[C@@H]3NC(=O)c3[nH]c4ccccc4c3Cl)sc2C1. The van der Waals surface area contributed by atoms with Crippen LogP contribution in [0.1, 0.15) is 37.3 Å². The van der Waals surface area contributed by atoms with Crippen molar-refractivity contribution in [2.24, 2.45) is 0 Å². The Balaban J connectivity index is 1.36. The fourth-order valence-corrected chi connectivity index (χ4v) is 6.96. The molecule has 36 heavy (non-hydrogen) atoms. The summed E-state index contributed by atoms with van der Waals surface area (Å²) in [7, 11) is -1.45. The van der Waals surface area contributed by atoms with Gasteiger partial charge >= 0.3 is 0 Å². The summed E-state index contributed by atoms with van der Waals surface area (Å²) in [6, 6.07) is 6.15. The Morgan fingerprint density at radius 3 is 2.67 bits per heavy atom. The second-order valence-electron chi connectivity index (χ2n) is 9.31. The molecule has 192 valence electrons. The minimum atomic E-state index is -3.48. The number of hydrogen-bond donors (Lipinski definition) is 3. The smallest absolute Gasteiger partial charge is 0.280 e. The maximum absolute atomic E-state index is 13.2. The van der Waals surface area contributed by atoms with E-state index >= 15 is 0 Å². The molecule has 2 aliphatic rings. The number of fused-ring (bicyclic) bond motifs is 2. The number of aromatic amines is 1. The first-order chi connectivity index (χ1) is 17.1.